The lowest BCUT2D eigenvalue weighted by atomic mass is 9.83. The van der Waals surface area contributed by atoms with E-state index in [0.717, 1.165) is 0 Å². The topological polar surface area (TPSA) is 90.0 Å². The van der Waals surface area contributed by atoms with Crippen molar-refractivity contribution in [2.24, 2.45) is 5.92 Å². The van der Waals surface area contributed by atoms with Crippen LogP contribution in [-0.2, 0) is 14.4 Å². The Balaban J connectivity index is 1.82. The molecule has 1 atom stereocenters. The predicted molar refractivity (Wildman–Crippen MR) is 145 cm³/mol. The van der Waals surface area contributed by atoms with Crippen molar-refractivity contribution in [3.05, 3.63) is 64.1 Å². The Labute approximate surface area is 227 Å². The zero-order chi connectivity index (χ0) is 27.3. The first-order valence-corrected chi connectivity index (χ1v) is 12.8. The van der Waals surface area contributed by atoms with Gasteiger partial charge in [0.25, 0.3) is 5.91 Å². The predicted octanol–water partition coefficient (Wildman–Crippen LogP) is 3.86. The Morgan fingerprint density at radius 2 is 1.65 bits per heavy atom. The van der Waals surface area contributed by atoms with Gasteiger partial charge in [-0.3, -0.25) is 24.1 Å². The Morgan fingerprint density at radius 1 is 1.03 bits per heavy atom. The monoisotopic (exact) mass is 546 g/mol. The minimum absolute atomic E-state index is 0.186. The molecule has 1 unspecified atom stereocenters. The van der Waals surface area contributed by atoms with Gasteiger partial charge in [-0.15, -0.1) is 0 Å². The van der Waals surface area contributed by atoms with Gasteiger partial charge in [0.1, 0.15) is 11.6 Å². The zero-order valence-electron chi connectivity index (χ0n) is 21.4. The molecule has 3 rings (SSSR count). The number of carbonyl (C=O) groups is 4. The number of para-hydroxylation sites is 1. The van der Waals surface area contributed by atoms with Crippen molar-refractivity contribution in [3.63, 3.8) is 0 Å². The second kappa shape index (κ2) is 12.0. The Morgan fingerprint density at radius 3 is 2.19 bits per heavy atom. The third-order valence-electron chi connectivity index (χ3n) is 6.70. The van der Waals surface area contributed by atoms with Crippen LogP contribution in [0.2, 0.25) is 10.0 Å². The maximum absolute atomic E-state index is 13.6. The first-order chi connectivity index (χ1) is 17.5. The summed E-state index contributed by atoms with van der Waals surface area (Å²) < 4.78 is 0. The van der Waals surface area contributed by atoms with Gasteiger partial charge in [-0.1, -0.05) is 55.2 Å². The van der Waals surface area contributed by atoms with Gasteiger partial charge in [-0.2, -0.15) is 0 Å². The molecule has 0 saturated carbocycles. The lowest BCUT2D eigenvalue weighted by molar-refractivity contribution is -0.142. The summed E-state index contributed by atoms with van der Waals surface area (Å²) in [4.78, 5) is 56.8. The molecule has 198 valence electrons. The fourth-order valence-electron chi connectivity index (χ4n) is 4.67. The zero-order valence-corrected chi connectivity index (χ0v) is 22.9. The van der Waals surface area contributed by atoms with E-state index < -0.39 is 17.5 Å². The van der Waals surface area contributed by atoms with Gasteiger partial charge in [0.15, 0.2) is 0 Å². The minimum Gasteiger partial charge on any atom is -0.347 e. The van der Waals surface area contributed by atoms with Crippen LogP contribution in [0.1, 0.15) is 37.0 Å². The SMILES string of the molecule is CC(C)C(NC(=O)c1cc(Cl)ccc1Cl)C(=O)N1CCC(C(=O)N(C)C)(N(C=O)c2ccccc2)CC1. The van der Waals surface area contributed by atoms with Crippen LogP contribution in [0.15, 0.2) is 48.5 Å². The number of rotatable bonds is 8. The highest BCUT2D eigenvalue weighted by molar-refractivity contribution is 6.35. The smallest absolute Gasteiger partial charge is 0.253 e. The van der Waals surface area contributed by atoms with Crippen LogP contribution in [-0.4, -0.2) is 72.7 Å². The molecule has 1 saturated heterocycles. The minimum atomic E-state index is -1.13. The molecule has 2 aromatic rings. The van der Waals surface area contributed by atoms with E-state index in [4.69, 9.17) is 23.2 Å². The van der Waals surface area contributed by atoms with Gasteiger partial charge in [0.2, 0.25) is 18.2 Å². The highest BCUT2D eigenvalue weighted by Gasteiger charge is 2.48. The van der Waals surface area contributed by atoms with Crippen LogP contribution >= 0.6 is 23.2 Å². The van der Waals surface area contributed by atoms with E-state index in [0.29, 0.717) is 17.1 Å². The Kier molecular flexibility index (Phi) is 9.21. The van der Waals surface area contributed by atoms with Crippen molar-refractivity contribution in [1.82, 2.24) is 15.1 Å². The summed E-state index contributed by atoms with van der Waals surface area (Å²) in [5, 5.41) is 3.40. The molecule has 1 fully saturated rings. The number of carbonyl (C=O) groups excluding carboxylic acids is 4. The lowest BCUT2D eigenvalue weighted by Gasteiger charge is -2.47. The molecule has 2 aromatic carbocycles. The van der Waals surface area contributed by atoms with Crippen molar-refractivity contribution in [1.29, 1.82) is 0 Å². The molecule has 0 radical (unpaired) electrons. The summed E-state index contributed by atoms with van der Waals surface area (Å²) in [6.45, 7) is 4.17. The first kappa shape index (κ1) is 28.5. The maximum atomic E-state index is 13.6. The number of nitrogens with zero attached hydrogens (tertiary/aromatic N) is 3. The molecule has 1 aliphatic rings. The van der Waals surface area contributed by atoms with Crippen molar-refractivity contribution >= 4 is 53.0 Å². The summed E-state index contributed by atoms with van der Waals surface area (Å²) in [6, 6.07) is 12.8. The third-order valence-corrected chi connectivity index (χ3v) is 7.26. The van der Waals surface area contributed by atoms with Crippen LogP contribution in [0, 0.1) is 5.92 Å². The van der Waals surface area contributed by atoms with Gasteiger partial charge in [-0.05, 0) is 49.1 Å². The molecule has 0 bridgehead atoms. The molecule has 0 spiro atoms. The highest BCUT2D eigenvalue weighted by atomic mass is 35.5. The van der Waals surface area contributed by atoms with Crippen molar-refractivity contribution < 1.29 is 19.2 Å². The van der Waals surface area contributed by atoms with E-state index >= 15 is 0 Å². The Hall–Kier alpha value is -3.10. The van der Waals surface area contributed by atoms with Crippen molar-refractivity contribution in [2.75, 3.05) is 32.1 Å². The molecule has 1 aliphatic heterocycles. The molecule has 0 aliphatic carbocycles. The second-order valence-electron chi connectivity index (χ2n) is 9.69. The second-order valence-corrected chi connectivity index (χ2v) is 10.5. The van der Waals surface area contributed by atoms with E-state index in [9.17, 15) is 19.2 Å². The van der Waals surface area contributed by atoms with E-state index in [1.165, 1.54) is 21.9 Å². The molecule has 10 heteroatoms. The fourth-order valence-corrected chi connectivity index (χ4v) is 5.04. The van der Waals surface area contributed by atoms with E-state index in [1.54, 1.807) is 49.3 Å². The first-order valence-electron chi connectivity index (χ1n) is 12.1. The lowest BCUT2D eigenvalue weighted by Crippen LogP contribution is -2.64. The average molecular weight is 547 g/mol. The summed E-state index contributed by atoms with van der Waals surface area (Å²) in [5.74, 6) is -1.17. The highest BCUT2D eigenvalue weighted by Crippen LogP contribution is 2.34. The number of halogens is 2. The number of nitrogens with one attached hydrogen (secondary N) is 1. The van der Waals surface area contributed by atoms with Crippen LogP contribution in [0.5, 0.6) is 0 Å². The molecule has 1 N–H and O–H groups in total. The van der Waals surface area contributed by atoms with Crippen LogP contribution in [0.25, 0.3) is 0 Å². The summed E-state index contributed by atoms with van der Waals surface area (Å²) in [5.41, 5.74) is -0.335. The normalized spacial score (nSPS) is 15.6. The van der Waals surface area contributed by atoms with Crippen LogP contribution in [0.4, 0.5) is 5.69 Å². The van der Waals surface area contributed by atoms with E-state index in [1.807, 2.05) is 19.9 Å². The number of piperidine rings is 1. The van der Waals surface area contributed by atoms with E-state index in [-0.39, 0.29) is 54.2 Å². The largest absolute Gasteiger partial charge is 0.347 e. The summed E-state index contributed by atoms with van der Waals surface area (Å²) in [7, 11) is 3.31. The van der Waals surface area contributed by atoms with Crippen molar-refractivity contribution in [3.8, 4) is 0 Å². The average Bonchev–Trinajstić information content (AvgIpc) is 2.88. The molecule has 37 heavy (non-hydrogen) atoms. The quantitative estimate of drug-likeness (QED) is 0.509. The van der Waals surface area contributed by atoms with Crippen molar-refractivity contribution in [2.45, 2.75) is 38.3 Å². The third kappa shape index (κ3) is 6.08. The fraction of sp³-hybridized carbons (Fsp3) is 0.407. The van der Waals surface area contributed by atoms with Gasteiger partial charge in [0, 0.05) is 37.9 Å². The van der Waals surface area contributed by atoms with Crippen LogP contribution in [0.3, 0.4) is 0 Å². The number of likely N-dealkylation sites (N-methyl/N-ethyl adjacent to an activating group) is 1. The molecule has 8 nitrogen and oxygen atoms in total. The number of anilines is 1. The number of hydrogen-bond acceptors (Lipinski definition) is 4. The molecule has 0 aromatic heterocycles. The molecular weight excluding hydrogens is 515 g/mol. The molecular formula is C27H32Cl2N4O4. The molecule has 1 heterocycles. The van der Waals surface area contributed by atoms with Gasteiger partial charge in [0.05, 0.1) is 10.6 Å². The maximum Gasteiger partial charge on any atom is 0.253 e. The van der Waals surface area contributed by atoms with Gasteiger partial charge in [-0.25, -0.2) is 0 Å². The van der Waals surface area contributed by atoms with Crippen LogP contribution < -0.4 is 10.2 Å². The number of amides is 4. The number of benzene rings is 2. The Bertz CT molecular complexity index is 1150. The summed E-state index contributed by atoms with van der Waals surface area (Å²) >= 11 is 12.2. The number of likely N-dealkylation sites (tertiary alicyclic amines) is 1. The summed E-state index contributed by atoms with van der Waals surface area (Å²) in [6.07, 6.45) is 1.19. The van der Waals surface area contributed by atoms with E-state index in [2.05, 4.69) is 5.32 Å². The van der Waals surface area contributed by atoms with Gasteiger partial charge >= 0.3 is 0 Å². The molecule has 4 amide bonds. The van der Waals surface area contributed by atoms with Gasteiger partial charge < -0.3 is 15.1 Å². The standard InChI is InChI=1S/C27H32Cl2N4O4/c1-18(2)23(30-24(35)21-16-19(28)10-11-22(21)29)25(36)32-14-12-27(13-15-32,26(37)31(3)4)33(17-34)20-8-6-5-7-9-20/h5-11,16-18,23H,12-15H2,1-4H3,(H,30,35). The number of hydrogen-bond donors (Lipinski definition) is 1.